The molecule has 0 unspecified atom stereocenters. The van der Waals surface area contributed by atoms with Crippen molar-refractivity contribution >= 4 is 35.4 Å². The molecule has 10 nitrogen and oxygen atoms in total. The summed E-state index contributed by atoms with van der Waals surface area (Å²) in [7, 11) is 5.44. The number of halogens is 3. The number of rotatable bonds is 11. The molecule has 4 aromatic rings. The number of alkyl halides is 3. The topological polar surface area (TPSA) is 128 Å². The fraction of sp³-hybridized carbons (Fsp3) is 0.216. The number of aryl methyl sites for hydroxylation is 1. The molecule has 0 spiro atoms. The van der Waals surface area contributed by atoms with Crippen molar-refractivity contribution in [2.75, 3.05) is 33.6 Å². The molecular weight excluding hydrogens is 657 g/mol. The van der Waals surface area contributed by atoms with Gasteiger partial charge in [0.1, 0.15) is 11.3 Å². The maximum Gasteiger partial charge on any atom is 0.416 e. The Hall–Kier alpha value is -5.98. The summed E-state index contributed by atoms with van der Waals surface area (Å²) in [5.74, 6) is -3.21. The van der Waals surface area contributed by atoms with Gasteiger partial charge in [-0.15, -0.1) is 0 Å². The van der Waals surface area contributed by atoms with Gasteiger partial charge in [-0.1, -0.05) is 36.4 Å². The molecule has 0 aliphatic carbocycles. The van der Waals surface area contributed by atoms with Crippen LogP contribution in [0.25, 0.3) is 11.1 Å². The number of methoxy groups -OCH3 is 2. The van der Waals surface area contributed by atoms with Crippen LogP contribution in [0.2, 0.25) is 0 Å². The Balaban J connectivity index is 1.48. The quantitative estimate of drug-likeness (QED) is 0.134. The third-order valence-corrected chi connectivity index (χ3v) is 7.54. The molecule has 260 valence electrons. The predicted octanol–water partition coefficient (Wildman–Crippen LogP) is 6.83. The van der Waals surface area contributed by atoms with E-state index in [2.05, 4.69) is 10.1 Å². The van der Waals surface area contributed by atoms with E-state index < -0.39 is 41.5 Å². The van der Waals surface area contributed by atoms with Crippen LogP contribution in [0.4, 0.5) is 18.9 Å². The van der Waals surface area contributed by atoms with Crippen LogP contribution in [0.3, 0.4) is 0 Å². The largest absolute Gasteiger partial charge is 0.465 e. The summed E-state index contributed by atoms with van der Waals surface area (Å²) in [6, 6.07) is 19.6. The van der Waals surface area contributed by atoms with Gasteiger partial charge in [-0.25, -0.2) is 9.59 Å². The zero-order valence-corrected chi connectivity index (χ0v) is 27.6. The first-order valence-electron chi connectivity index (χ1n) is 15.2. The summed E-state index contributed by atoms with van der Waals surface area (Å²) >= 11 is 0. The molecule has 1 N–H and O–H groups in total. The van der Waals surface area contributed by atoms with Gasteiger partial charge in [0.2, 0.25) is 0 Å². The summed E-state index contributed by atoms with van der Waals surface area (Å²) in [4.78, 5) is 64.8. The van der Waals surface area contributed by atoms with Crippen LogP contribution >= 0.6 is 0 Å². The number of nitrogens with zero attached hydrogens (tertiary/aromatic N) is 1. The molecule has 0 aromatic heterocycles. The highest BCUT2D eigenvalue weighted by Gasteiger charge is 2.30. The Bertz CT molecular complexity index is 1920. The van der Waals surface area contributed by atoms with E-state index in [1.54, 1.807) is 50.5 Å². The van der Waals surface area contributed by atoms with E-state index in [-0.39, 0.29) is 40.1 Å². The molecule has 0 fully saturated rings. The van der Waals surface area contributed by atoms with Crippen LogP contribution in [-0.4, -0.2) is 62.9 Å². The number of ether oxygens (including phenoxy) is 3. The van der Waals surface area contributed by atoms with Crippen molar-refractivity contribution in [2.24, 2.45) is 0 Å². The molecule has 0 aliphatic rings. The summed E-state index contributed by atoms with van der Waals surface area (Å²) in [6.45, 7) is 0. The molecule has 0 saturated heterocycles. The smallest absolute Gasteiger partial charge is 0.416 e. The molecule has 4 rings (SSSR count). The fourth-order valence-corrected chi connectivity index (χ4v) is 4.98. The number of nitrogens with one attached hydrogen (secondary N) is 1. The van der Waals surface area contributed by atoms with Gasteiger partial charge in [-0.2, -0.15) is 13.2 Å². The van der Waals surface area contributed by atoms with Crippen LogP contribution in [0, 0.1) is 0 Å². The number of benzene rings is 4. The second-order valence-electron chi connectivity index (χ2n) is 11.2. The lowest BCUT2D eigenvalue weighted by Crippen LogP contribution is -2.24. The van der Waals surface area contributed by atoms with Gasteiger partial charge in [-0.05, 0) is 78.1 Å². The zero-order valence-electron chi connectivity index (χ0n) is 27.6. The van der Waals surface area contributed by atoms with Crippen LogP contribution < -0.4 is 10.1 Å². The van der Waals surface area contributed by atoms with Gasteiger partial charge in [0, 0.05) is 26.1 Å². The van der Waals surface area contributed by atoms with E-state index in [1.165, 1.54) is 48.4 Å². The first kappa shape index (κ1) is 36.8. The van der Waals surface area contributed by atoms with E-state index in [0.717, 1.165) is 19.2 Å². The second kappa shape index (κ2) is 15.9. The lowest BCUT2D eigenvalue weighted by molar-refractivity contribution is -0.137. The molecule has 0 heterocycles. The van der Waals surface area contributed by atoms with Gasteiger partial charge in [0.05, 0.1) is 36.6 Å². The molecule has 13 heteroatoms. The zero-order chi connectivity index (χ0) is 36.6. The van der Waals surface area contributed by atoms with Crippen LogP contribution in [0.15, 0.2) is 84.9 Å². The number of hydrogen-bond donors (Lipinski definition) is 1. The lowest BCUT2D eigenvalue weighted by atomic mass is 9.97. The average Bonchev–Trinajstić information content (AvgIpc) is 3.10. The maximum atomic E-state index is 13.5. The monoisotopic (exact) mass is 690 g/mol. The van der Waals surface area contributed by atoms with E-state index in [1.807, 2.05) is 0 Å². The standard InChI is InChI=1S/C37H33F3N2O8/c1-42(2)34(45)28-20-22(8-7-11-32(43)50-31-19-15-24(35(46)48-3)21-29(31)36(47)49-4)12-18-30(28)41-33(44)27-10-6-5-9-26(27)23-13-16-25(17-14-23)37(38,39)40/h5-6,9-10,12-21H,7-8,11H2,1-4H3,(H,41,44). The predicted molar refractivity (Wildman–Crippen MR) is 177 cm³/mol. The Morgan fingerprint density at radius 1 is 0.760 bits per heavy atom. The lowest BCUT2D eigenvalue weighted by Gasteiger charge is -2.17. The normalized spacial score (nSPS) is 10.9. The van der Waals surface area contributed by atoms with Crippen LogP contribution in [-0.2, 0) is 26.9 Å². The van der Waals surface area contributed by atoms with Crippen molar-refractivity contribution in [3.63, 3.8) is 0 Å². The molecule has 0 atom stereocenters. The van der Waals surface area contributed by atoms with Gasteiger partial charge in [-0.3, -0.25) is 14.4 Å². The third-order valence-electron chi connectivity index (χ3n) is 7.54. The number of carbonyl (C=O) groups excluding carboxylic acids is 5. The summed E-state index contributed by atoms with van der Waals surface area (Å²) in [6.07, 6.45) is -3.92. The molecular formula is C37H33F3N2O8. The highest BCUT2D eigenvalue weighted by Crippen LogP contribution is 2.32. The van der Waals surface area contributed by atoms with Crippen LogP contribution in [0.5, 0.6) is 5.75 Å². The van der Waals surface area contributed by atoms with Gasteiger partial charge < -0.3 is 24.4 Å². The number of amides is 2. The first-order chi connectivity index (χ1) is 23.7. The molecule has 2 amide bonds. The molecule has 0 saturated carbocycles. The second-order valence-corrected chi connectivity index (χ2v) is 11.2. The third kappa shape index (κ3) is 8.92. The highest BCUT2D eigenvalue weighted by atomic mass is 19.4. The summed E-state index contributed by atoms with van der Waals surface area (Å²) in [5, 5.41) is 2.76. The van der Waals surface area contributed by atoms with Crippen molar-refractivity contribution in [1.29, 1.82) is 0 Å². The number of carbonyl (C=O) groups is 5. The highest BCUT2D eigenvalue weighted by molar-refractivity contribution is 6.11. The average molecular weight is 691 g/mol. The minimum atomic E-state index is -4.50. The minimum absolute atomic E-state index is 0.0600. The Labute approximate surface area is 285 Å². The number of anilines is 1. The fourth-order valence-electron chi connectivity index (χ4n) is 4.98. The number of esters is 3. The molecule has 4 aromatic carbocycles. The van der Waals surface area contributed by atoms with E-state index in [0.29, 0.717) is 29.5 Å². The molecule has 0 radical (unpaired) electrons. The van der Waals surface area contributed by atoms with E-state index in [4.69, 9.17) is 9.47 Å². The minimum Gasteiger partial charge on any atom is -0.465 e. The van der Waals surface area contributed by atoms with E-state index in [9.17, 15) is 37.1 Å². The van der Waals surface area contributed by atoms with Crippen molar-refractivity contribution < 1.29 is 51.4 Å². The van der Waals surface area contributed by atoms with Crippen molar-refractivity contribution in [3.8, 4) is 16.9 Å². The van der Waals surface area contributed by atoms with Crippen molar-refractivity contribution in [1.82, 2.24) is 4.90 Å². The van der Waals surface area contributed by atoms with Crippen molar-refractivity contribution in [2.45, 2.75) is 25.4 Å². The van der Waals surface area contributed by atoms with Gasteiger partial charge in [0.25, 0.3) is 11.8 Å². The number of hydrogen-bond acceptors (Lipinski definition) is 8. The molecule has 0 bridgehead atoms. The van der Waals surface area contributed by atoms with Gasteiger partial charge in [0.15, 0.2) is 0 Å². The molecule has 0 aliphatic heterocycles. The molecule has 50 heavy (non-hydrogen) atoms. The summed E-state index contributed by atoms with van der Waals surface area (Å²) < 4.78 is 54.1. The Morgan fingerprint density at radius 3 is 2.08 bits per heavy atom. The Kier molecular flexibility index (Phi) is 11.8. The van der Waals surface area contributed by atoms with Crippen LogP contribution in [0.1, 0.15) is 65.4 Å². The maximum absolute atomic E-state index is 13.5. The summed E-state index contributed by atoms with van der Waals surface area (Å²) in [5.41, 5.74) is 1.20. The Morgan fingerprint density at radius 2 is 1.44 bits per heavy atom. The first-order valence-corrected chi connectivity index (χ1v) is 15.2. The van der Waals surface area contributed by atoms with E-state index >= 15 is 0 Å². The van der Waals surface area contributed by atoms with Gasteiger partial charge >= 0.3 is 24.1 Å². The SMILES string of the molecule is COC(=O)c1ccc(OC(=O)CCCc2ccc(NC(=O)c3ccccc3-c3ccc(C(F)(F)F)cc3)c(C(=O)N(C)C)c2)c(C(=O)OC)c1. The van der Waals surface area contributed by atoms with Crippen molar-refractivity contribution in [3.05, 3.63) is 118 Å².